The Bertz CT molecular complexity index is 864. The van der Waals surface area contributed by atoms with Gasteiger partial charge in [-0.1, -0.05) is 18.2 Å². The molecule has 0 aliphatic carbocycles. The van der Waals surface area contributed by atoms with Crippen molar-refractivity contribution in [2.45, 2.75) is 13.1 Å². The Labute approximate surface area is 157 Å². The zero-order valence-corrected chi connectivity index (χ0v) is 15.9. The second-order valence-electron chi connectivity index (χ2n) is 5.60. The number of hydrogen-bond donors (Lipinski definition) is 1. The third-order valence-electron chi connectivity index (χ3n) is 4.01. The van der Waals surface area contributed by atoms with Gasteiger partial charge in [0, 0.05) is 30.4 Å². The number of aromatic nitrogens is 1. The van der Waals surface area contributed by atoms with Crippen molar-refractivity contribution in [2.24, 2.45) is 0 Å². The van der Waals surface area contributed by atoms with E-state index >= 15 is 0 Å². The van der Waals surface area contributed by atoms with Crippen LogP contribution in [0.3, 0.4) is 0 Å². The predicted octanol–water partition coefficient (Wildman–Crippen LogP) is 4.13. The summed E-state index contributed by atoms with van der Waals surface area (Å²) in [6.07, 6.45) is 1.88. The molecule has 0 amide bonds. The lowest BCUT2D eigenvalue weighted by atomic mass is 10.1. The zero-order chi connectivity index (χ0) is 18.4. The lowest BCUT2D eigenvalue weighted by Crippen LogP contribution is -2.13. The number of para-hydroxylation sites is 1. The molecule has 0 bridgehead atoms. The lowest BCUT2D eigenvalue weighted by molar-refractivity contribution is 0.404. The molecular weight excluding hydrogens is 348 g/mol. The van der Waals surface area contributed by atoms with Crippen LogP contribution in [0.4, 0.5) is 0 Å². The van der Waals surface area contributed by atoms with E-state index in [0.717, 1.165) is 44.8 Å². The van der Waals surface area contributed by atoms with Crippen molar-refractivity contribution in [1.82, 2.24) is 10.3 Å². The van der Waals surface area contributed by atoms with Gasteiger partial charge in [0.2, 0.25) is 0 Å². The first-order valence-corrected chi connectivity index (χ1v) is 9.06. The molecule has 3 aromatic rings. The van der Waals surface area contributed by atoms with Gasteiger partial charge >= 0.3 is 0 Å². The molecule has 1 N–H and O–H groups in total. The SMILES string of the molecule is COc1ccc(OC)c(-c2cnc(CNCc3ccccc3OC)s2)c1. The maximum atomic E-state index is 5.47. The van der Waals surface area contributed by atoms with E-state index in [-0.39, 0.29) is 0 Å². The van der Waals surface area contributed by atoms with Crippen LogP contribution in [0.5, 0.6) is 17.2 Å². The van der Waals surface area contributed by atoms with Gasteiger partial charge in [-0.05, 0) is 24.3 Å². The van der Waals surface area contributed by atoms with Crippen molar-refractivity contribution in [3.63, 3.8) is 0 Å². The minimum absolute atomic E-state index is 0.689. The minimum atomic E-state index is 0.689. The van der Waals surface area contributed by atoms with E-state index in [1.165, 1.54) is 0 Å². The van der Waals surface area contributed by atoms with E-state index in [2.05, 4.69) is 16.4 Å². The van der Waals surface area contributed by atoms with Gasteiger partial charge in [0.05, 0.1) is 26.2 Å². The van der Waals surface area contributed by atoms with Crippen LogP contribution in [0.25, 0.3) is 10.4 Å². The predicted molar refractivity (Wildman–Crippen MR) is 104 cm³/mol. The molecule has 5 nitrogen and oxygen atoms in total. The van der Waals surface area contributed by atoms with Crippen LogP contribution in [0, 0.1) is 0 Å². The first kappa shape index (κ1) is 18.2. The molecule has 0 spiro atoms. The van der Waals surface area contributed by atoms with Gasteiger partial charge in [0.25, 0.3) is 0 Å². The van der Waals surface area contributed by atoms with E-state index in [1.807, 2.05) is 42.6 Å². The molecule has 0 saturated heterocycles. The largest absolute Gasteiger partial charge is 0.497 e. The number of methoxy groups -OCH3 is 3. The second kappa shape index (κ2) is 8.69. The Morgan fingerprint density at radius 1 is 0.923 bits per heavy atom. The van der Waals surface area contributed by atoms with Crippen molar-refractivity contribution in [3.8, 4) is 27.7 Å². The summed E-state index contributed by atoms with van der Waals surface area (Å²) in [7, 11) is 5.01. The molecule has 0 atom stereocenters. The van der Waals surface area contributed by atoms with E-state index in [1.54, 1.807) is 32.7 Å². The van der Waals surface area contributed by atoms with Crippen LogP contribution in [0.1, 0.15) is 10.6 Å². The van der Waals surface area contributed by atoms with Crippen LogP contribution in [-0.2, 0) is 13.1 Å². The van der Waals surface area contributed by atoms with E-state index < -0.39 is 0 Å². The van der Waals surface area contributed by atoms with Gasteiger partial charge in [-0.25, -0.2) is 4.98 Å². The standard InChI is InChI=1S/C20H22N2O3S/c1-23-15-8-9-18(25-3)16(10-15)19-12-22-20(26-19)13-21-11-14-6-4-5-7-17(14)24-2/h4-10,12,21H,11,13H2,1-3H3. The maximum absolute atomic E-state index is 5.47. The normalized spacial score (nSPS) is 10.6. The maximum Gasteiger partial charge on any atom is 0.127 e. The first-order valence-electron chi connectivity index (χ1n) is 8.25. The fraction of sp³-hybridized carbons (Fsp3) is 0.250. The lowest BCUT2D eigenvalue weighted by Gasteiger charge is -2.09. The molecule has 1 heterocycles. The fourth-order valence-corrected chi connectivity index (χ4v) is 3.58. The van der Waals surface area contributed by atoms with Gasteiger partial charge in [0.15, 0.2) is 0 Å². The Kier molecular flexibility index (Phi) is 6.09. The number of nitrogens with one attached hydrogen (secondary N) is 1. The monoisotopic (exact) mass is 370 g/mol. The fourth-order valence-electron chi connectivity index (χ4n) is 2.68. The third kappa shape index (κ3) is 4.15. The topological polar surface area (TPSA) is 52.6 Å². The van der Waals surface area contributed by atoms with Gasteiger partial charge < -0.3 is 19.5 Å². The summed E-state index contributed by atoms with van der Waals surface area (Å²) in [4.78, 5) is 5.58. The summed E-state index contributed by atoms with van der Waals surface area (Å²) < 4.78 is 16.2. The van der Waals surface area contributed by atoms with Crippen molar-refractivity contribution in [3.05, 3.63) is 59.2 Å². The number of ether oxygens (including phenoxy) is 3. The van der Waals surface area contributed by atoms with E-state index in [4.69, 9.17) is 14.2 Å². The molecule has 3 rings (SSSR count). The van der Waals surface area contributed by atoms with Gasteiger partial charge in [-0.15, -0.1) is 11.3 Å². The number of benzene rings is 2. The van der Waals surface area contributed by atoms with Crippen LogP contribution in [0.2, 0.25) is 0 Å². The molecule has 0 aliphatic rings. The molecule has 6 heteroatoms. The Balaban J connectivity index is 1.69. The van der Waals surface area contributed by atoms with Gasteiger partial charge in [0.1, 0.15) is 22.3 Å². The minimum Gasteiger partial charge on any atom is -0.497 e. The van der Waals surface area contributed by atoms with Crippen molar-refractivity contribution in [1.29, 1.82) is 0 Å². The average Bonchev–Trinajstić information content (AvgIpc) is 3.16. The molecule has 2 aromatic carbocycles. The molecule has 1 aromatic heterocycles. The van der Waals surface area contributed by atoms with Crippen molar-refractivity contribution >= 4 is 11.3 Å². The first-order chi connectivity index (χ1) is 12.7. The summed E-state index contributed by atoms with van der Waals surface area (Å²) in [6, 6.07) is 13.8. The Morgan fingerprint density at radius 2 is 1.73 bits per heavy atom. The summed E-state index contributed by atoms with van der Waals surface area (Å²) >= 11 is 1.64. The smallest absolute Gasteiger partial charge is 0.127 e. The molecule has 26 heavy (non-hydrogen) atoms. The number of thiazole rings is 1. The molecular formula is C20H22N2O3S. The average molecular weight is 370 g/mol. The van der Waals surface area contributed by atoms with Crippen LogP contribution in [0.15, 0.2) is 48.7 Å². The van der Waals surface area contributed by atoms with Gasteiger partial charge in [-0.3, -0.25) is 0 Å². The molecule has 0 unspecified atom stereocenters. The van der Waals surface area contributed by atoms with Gasteiger partial charge in [-0.2, -0.15) is 0 Å². The van der Waals surface area contributed by atoms with Crippen molar-refractivity contribution < 1.29 is 14.2 Å². The highest BCUT2D eigenvalue weighted by atomic mass is 32.1. The summed E-state index contributed by atoms with van der Waals surface area (Å²) in [5.41, 5.74) is 2.11. The van der Waals surface area contributed by atoms with Crippen LogP contribution in [-0.4, -0.2) is 26.3 Å². The summed E-state index contributed by atoms with van der Waals surface area (Å²) in [5, 5.41) is 4.43. The van der Waals surface area contributed by atoms with E-state index in [0.29, 0.717) is 6.54 Å². The number of hydrogen-bond acceptors (Lipinski definition) is 6. The Hall–Kier alpha value is -2.57. The zero-order valence-electron chi connectivity index (χ0n) is 15.1. The number of nitrogens with zero attached hydrogens (tertiary/aromatic N) is 1. The summed E-state index contributed by atoms with van der Waals surface area (Å²) in [5.74, 6) is 2.49. The summed E-state index contributed by atoms with van der Waals surface area (Å²) in [6.45, 7) is 1.41. The van der Waals surface area contributed by atoms with Crippen molar-refractivity contribution in [2.75, 3.05) is 21.3 Å². The highest BCUT2D eigenvalue weighted by Gasteiger charge is 2.11. The Morgan fingerprint density at radius 3 is 2.50 bits per heavy atom. The highest BCUT2D eigenvalue weighted by Crippen LogP contribution is 2.36. The molecule has 0 radical (unpaired) electrons. The molecule has 136 valence electrons. The third-order valence-corrected chi connectivity index (χ3v) is 5.04. The highest BCUT2D eigenvalue weighted by molar-refractivity contribution is 7.15. The van der Waals surface area contributed by atoms with Crippen LogP contribution < -0.4 is 19.5 Å². The quantitative estimate of drug-likeness (QED) is 0.646. The molecule has 0 aliphatic heterocycles. The van der Waals surface area contributed by atoms with Crippen LogP contribution >= 0.6 is 11.3 Å². The molecule has 0 fully saturated rings. The second-order valence-corrected chi connectivity index (χ2v) is 6.72. The number of rotatable bonds is 8. The molecule has 0 saturated carbocycles. The van der Waals surface area contributed by atoms with E-state index in [9.17, 15) is 0 Å².